The molecule has 1 saturated carbocycles. The molecule has 0 heterocycles. The summed E-state index contributed by atoms with van der Waals surface area (Å²) < 4.78 is 0. The van der Waals surface area contributed by atoms with Gasteiger partial charge >= 0.3 is 5.97 Å². The highest BCUT2D eigenvalue weighted by molar-refractivity contribution is 6.33. The Morgan fingerprint density at radius 2 is 2.05 bits per heavy atom. The quantitative estimate of drug-likeness (QED) is 0.903. The van der Waals surface area contributed by atoms with Crippen LogP contribution in [0.1, 0.15) is 30.1 Å². The number of aliphatic carboxylic acids is 1. The molecule has 4 nitrogen and oxygen atoms in total. The van der Waals surface area contributed by atoms with Gasteiger partial charge in [0.1, 0.15) is 0 Å². The summed E-state index contributed by atoms with van der Waals surface area (Å²) in [6, 6.07) is 7.02. The molecule has 0 bridgehead atoms. The first-order valence-electron chi connectivity index (χ1n) is 6.29. The Labute approximate surface area is 117 Å². The van der Waals surface area contributed by atoms with Crippen LogP contribution in [0, 0.1) is 5.92 Å². The predicted octanol–water partition coefficient (Wildman–Crippen LogP) is 2.67. The average Bonchev–Trinajstić information content (AvgIpc) is 3.19. The first kappa shape index (κ1) is 13.9. The van der Waals surface area contributed by atoms with Gasteiger partial charge in [0.2, 0.25) is 0 Å². The van der Waals surface area contributed by atoms with E-state index in [1.54, 1.807) is 36.1 Å². The van der Waals surface area contributed by atoms with Crippen LogP contribution in [-0.2, 0) is 4.79 Å². The molecule has 1 aliphatic rings. The third kappa shape index (κ3) is 3.26. The summed E-state index contributed by atoms with van der Waals surface area (Å²) in [5.41, 5.74) is 0.439. The zero-order valence-corrected chi connectivity index (χ0v) is 11.4. The maximum Gasteiger partial charge on any atom is 0.308 e. The second-order valence-electron chi connectivity index (χ2n) is 4.91. The molecule has 1 aromatic carbocycles. The van der Waals surface area contributed by atoms with E-state index in [0.717, 1.165) is 12.8 Å². The molecule has 102 valence electrons. The number of hydrogen-bond acceptors (Lipinski definition) is 2. The van der Waals surface area contributed by atoms with E-state index in [-0.39, 0.29) is 18.5 Å². The van der Waals surface area contributed by atoms with Gasteiger partial charge in [-0.25, -0.2) is 0 Å². The lowest BCUT2D eigenvalue weighted by Crippen LogP contribution is -2.38. The van der Waals surface area contributed by atoms with Crippen LogP contribution in [0.5, 0.6) is 0 Å². The van der Waals surface area contributed by atoms with Crippen molar-refractivity contribution in [1.82, 2.24) is 4.90 Å². The van der Waals surface area contributed by atoms with Gasteiger partial charge in [-0.2, -0.15) is 0 Å². The van der Waals surface area contributed by atoms with E-state index >= 15 is 0 Å². The third-order valence-electron chi connectivity index (χ3n) is 3.24. The first-order valence-corrected chi connectivity index (χ1v) is 6.66. The Morgan fingerprint density at radius 1 is 1.42 bits per heavy atom. The van der Waals surface area contributed by atoms with Crippen molar-refractivity contribution in [3.8, 4) is 0 Å². The number of benzene rings is 1. The third-order valence-corrected chi connectivity index (χ3v) is 3.57. The zero-order chi connectivity index (χ0) is 14.0. The topological polar surface area (TPSA) is 57.6 Å². The lowest BCUT2D eigenvalue weighted by Gasteiger charge is -2.24. The van der Waals surface area contributed by atoms with Crippen molar-refractivity contribution >= 4 is 23.5 Å². The summed E-state index contributed by atoms with van der Waals surface area (Å²) in [5, 5.41) is 9.38. The van der Waals surface area contributed by atoms with Gasteiger partial charge in [-0.3, -0.25) is 9.59 Å². The molecule has 1 aliphatic carbocycles. The van der Waals surface area contributed by atoms with Crippen LogP contribution < -0.4 is 0 Å². The van der Waals surface area contributed by atoms with Crippen LogP contribution in [-0.4, -0.2) is 34.5 Å². The van der Waals surface area contributed by atoms with Gasteiger partial charge in [0.15, 0.2) is 0 Å². The van der Waals surface area contributed by atoms with E-state index in [4.69, 9.17) is 16.7 Å². The minimum absolute atomic E-state index is 0.158. The van der Waals surface area contributed by atoms with Gasteiger partial charge < -0.3 is 10.0 Å². The lowest BCUT2D eigenvalue weighted by molar-refractivity contribution is -0.141. The summed E-state index contributed by atoms with van der Waals surface area (Å²) in [6.07, 6.45) is 1.87. The normalized spacial score (nSPS) is 15.9. The molecule has 1 aromatic rings. The minimum Gasteiger partial charge on any atom is -0.481 e. The number of nitrogens with zero attached hydrogens (tertiary/aromatic N) is 1. The number of carbonyl (C=O) groups is 2. The minimum atomic E-state index is -0.891. The summed E-state index contributed by atoms with van der Waals surface area (Å²) in [6.45, 7) is 1.83. The molecule has 1 N–H and O–H groups in total. The van der Waals surface area contributed by atoms with E-state index in [1.807, 2.05) is 0 Å². The molecule has 0 aromatic heterocycles. The molecule has 0 saturated heterocycles. The number of carboxylic acids is 1. The Morgan fingerprint density at radius 3 is 2.58 bits per heavy atom. The highest BCUT2D eigenvalue weighted by Gasteiger charge is 2.35. The molecular weight excluding hydrogens is 266 g/mol. The first-order chi connectivity index (χ1) is 9.00. The lowest BCUT2D eigenvalue weighted by atomic mass is 10.1. The molecule has 0 spiro atoms. The Balaban J connectivity index is 2.18. The van der Waals surface area contributed by atoms with Gasteiger partial charge in [-0.1, -0.05) is 30.7 Å². The summed E-state index contributed by atoms with van der Waals surface area (Å²) in [4.78, 5) is 25.0. The van der Waals surface area contributed by atoms with Crippen LogP contribution >= 0.6 is 11.6 Å². The Hall–Kier alpha value is -1.55. The molecule has 1 atom stereocenters. The number of rotatable bonds is 5. The SMILES string of the molecule is C[C@@H](CN(C(=O)c1ccccc1Cl)C1CC1)C(=O)O. The Kier molecular flexibility index (Phi) is 4.10. The van der Waals surface area contributed by atoms with Crippen LogP contribution in [0.15, 0.2) is 24.3 Å². The molecule has 1 fully saturated rings. The van der Waals surface area contributed by atoms with Crippen molar-refractivity contribution in [2.75, 3.05) is 6.54 Å². The molecular formula is C14H16ClNO3. The second kappa shape index (κ2) is 5.61. The fraction of sp³-hybridized carbons (Fsp3) is 0.429. The number of halogens is 1. The van der Waals surface area contributed by atoms with Crippen molar-refractivity contribution in [1.29, 1.82) is 0 Å². The molecule has 0 radical (unpaired) electrons. The summed E-state index contributed by atoms with van der Waals surface area (Å²) in [5.74, 6) is -1.65. The van der Waals surface area contributed by atoms with Crippen LogP contribution in [0.25, 0.3) is 0 Å². The van der Waals surface area contributed by atoms with Gasteiger partial charge in [-0.05, 0) is 25.0 Å². The second-order valence-corrected chi connectivity index (χ2v) is 5.32. The highest BCUT2D eigenvalue weighted by atomic mass is 35.5. The van der Waals surface area contributed by atoms with Gasteiger partial charge in [0, 0.05) is 12.6 Å². The predicted molar refractivity (Wildman–Crippen MR) is 72.3 cm³/mol. The standard InChI is InChI=1S/C14H16ClNO3/c1-9(14(18)19)8-16(10-6-7-10)13(17)11-4-2-3-5-12(11)15/h2-5,9-10H,6-8H2,1H3,(H,18,19)/t9-/m0/s1. The highest BCUT2D eigenvalue weighted by Crippen LogP contribution is 2.30. The molecule has 5 heteroatoms. The number of carboxylic acid groups (broad SMARTS) is 1. The van der Waals surface area contributed by atoms with Crippen LogP contribution in [0.4, 0.5) is 0 Å². The fourth-order valence-corrected chi connectivity index (χ4v) is 2.16. The summed E-state index contributed by atoms with van der Waals surface area (Å²) >= 11 is 6.02. The largest absolute Gasteiger partial charge is 0.481 e. The van der Waals surface area contributed by atoms with Crippen molar-refractivity contribution in [3.63, 3.8) is 0 Å². The molecule has 19 heavy (non-hydrogen) atoms. The smallest absolute Gasteiger partial charge is 0.308 e. The van der Waals surface area contributed by atoms with E-state index in [9.17, 15) is 9.59 Å². The van der Waals surface area contributed by atoms with Crippen molar-refractivity contribution in [2.24, 2.45) is 5.92 Å². The van der Waals surface area contributed by atoms with Crippen molar-refractivity contribution in [2.45, 2.75) is 25.8 Å². The number of amides is 1. The maximum absolute atomic E-state index is 12.5. The van der Waals surface area contributed by atoms with Gasteiger partial charge in [0.25, 0.3) is 5.91 Å². The maximum atomic E-state index is 12.5. The zero-order valence-electron chi connectivity index (χ0n) is 10.7. The van der Waals surface area contributed by atoms with Gasteiger partial charge in [-0.15, -0.1) is 0 Å². The molecule has 1 amide bonds. The van der Waals surface area contributed by atoms with E-state index in [2.05, 4.69) is 0 Å². The van der Waals surface area contributed by atoms with Crippen molar-refractivity contribution < 1.29 is 14.7 Å². The fourth-order valence-electron chi connectivity index (χ4n) is 1.95. The Bertz CT molecular complexity index is 499. The van der Waals surface area contributed by atoms with E-state index < -0.39 is 11.9 Å². The number of carbonyl (C=O) groups excluding carboxylic acids is 1. The van der Waals surface area contributed by atoms with Crippen LogP contribution in [0.2, 0.25) is 5.02 Å². The molecule has 0 unspecified atom stereocenters. The molecule has 2 rings (SSSR count). The molecule has 0 aliphatic heterocycles. The monoisotopic (exact) mass is 281 g/mol. The van der Waals surface area contributed by atoms with E-state index in [1.165, 1.54) is 0 Å². The van der Waals surface area contributed by atoms with Crippen LogP contribution in [0.3, 0.4) is 0 Å². The van der Waals surface area contributed by atoms with Crippen molar-refractivity contribution in [3.05, 3.63) is 34.9 Å². The average molecular weight is 282 g/mol. The number of hydrogen-bond donors (Lipinski definition) is 1. The summed E-state index contributed by atoms with van der Waals surface area (Å²) in [7, 11) is 0. The van der Waals surface area contributed by atoms with E-state index in [0.29, 0.717) is 10.6 Å². The van der Waals surface area contributed by atoms with Gasteiger partial charge in [0.05, 0.1) is 16.5 Å².